The first-order valence-corrected chi connectivity index (χ1v) is 6.42. The molecule has 0 aromatic carbocycles. The predicted octanol–water partition coefficient (Wildman–Crippen LogP) is 2.06. The third-order valence-electron chi connectivity index (χ3n) is 3.51. The summed E-state index contributed by atoms with van der Waals surface area (Å²) >= 11 is 0. The van der Waals surface area contributed by atoms with Gasteiger partial charge in [-0.15, -0.1) is 0 Å². The standard InChI is InChI=1S/C13H26N2O/c1-10(9-14)7-12(16)15-11-5-4-6-13(2,3)8-11/h10-11H,4-9,14H2,1-3H3,(H,15,16). The molecular formula is C13H26N2O. The van der Waals surface area contributed by atoms with Crippen LogP contribution in [-0.2, 0) is 4.79 Å². The summed E-state index contributed by atoms with van der Waals surface area (Å²) in [4.78, 5) is 11.7. The Balaban J connectivity index is 2.33. The highest BCUT2D eigenvalue weighted by atomic mass is 16.1. The number of carbonyl (C=O) groups is 1. The van der Waals surface area contributed by atoms with Gasteiger partial charge in [0.25, 0.3) is 0 Å². The van der Waals surface area contributed by atoms with Crippen LogP contribution < -0.4 is 11.1 Å². The van der Waals surface area contributed by atoms with Gasteiger partial charge in [-0.1, -0.05) is 27.2 Å². The van der Waals surface area contributed by atoms with Gasteiger partial charge in [-0.05, 0) is 37.1 Å². The molecule has 0 aromatic rings. The highest BCUT2D eigenvalue weighted by Crippen LogP contribution is 2.35. The lowest BCUT2D eigenvalue weighted by atomic mass is 9.75. The molecule has 1 aliphatic rings. The SMILES string of the molecule is CC(CN)CC(=O)NC1CCCC(C)(C)C1. The van der Waals surface area contributed by atoms with Crippen molar-refractivity contribution in [2.45, 2.75) is 58.9 Å². The molecule has 2 atom stereocenters. The number of amides is 1. The van der Waals surface area contributed by atoms with E-state index in [1.54, 1.807) is 0 Å². The zero-order valence-corrected chi connectivity index (χ0v) is 10.9. The van der Waals surface area contributed by atoms with Crippen molar-refractivity contribution in [1.82, 2.24) is 5.32 Å². The van der Waals surface area contributed by atoms with Gasteiger partial charge >= 0.3 is 0 Å². The smallest absolute Gasteiger partial charge is 0.220 e. The average molecular weight is 226 g/mol. The van der Waals surface area contributed by atoms with E-state index < -0.39 is 0 Å². The molecule has 0 aliphatic heterocycles. The lowest BCUT2D eigenvalue weighted by Gasteiger charge is -2.35. The Morgan fingerprint density at radius 2 is 2.25 bits per heavy atom. The van der Waals surface area contributed by atoms with E-state index in [0.29, 0.717) is 24.4 Å². The summed E-state index contributed by atoms with van der Waals surface area (Å²) in [7, 11) is 0. The first kappa shape index (κ1) is 13.5. The minimum atomic E-state index is 0.167. The molecule has 3 nitrogen and oxygen atoms in total. The second-order valence-electron chi connectivity index (χ2n) is 6.07. The lowest BCUT2D eigenvalue weighted by molar-refractivity contribution is -0.123. The molecule has 94 valence electrons. The molecule has 2 unspecified atom stereocenters. The van der Waals surface area contributed by atoms with Crippen LogP contribution in [0.25, 0.3) is 0 Å². The highest BCUT2D eigenvalue weighted by Gasteiger charge is 2.28. The maximum atomic E-state index is 11.7. The fourth-order valence-electron chi connectivity index (χ4n) is 2.51. The number of hydrogen-bond donors (Lipinski definition) is 2. The molecule has 1 saturated carbocycles. The third kappa shape index (κ3) is 4.52. The molecule has 1 amide bonds. The van der Waals surface area contributed by atoms with Gasteiger partial charge < -0.3 is 11.1 Å². The summed E-state index contributed by atoms with van der Waals surface area (Å²) in [5, 5.41) is 3.15. The number of nitrogens with one attached hydrogen (secondary N) is 1. The molecule has 1 rings (SSSR count). The minimum Gasteiger partial charge on any atom is -0.353 e. The van der Waals surface area contributed by atoms with Crippen LogP contribution in [0, 0.1) is 11.3 Å². The average Bonchev–Trinajstić information content (AvgIpc) is 2.15. The molecular weight excluding hydrogens is 200 g/mol. The maximum Gasteiger partial charge on any atom is 0.220 e. The van der Waals surface area contributed by atoms with Crippen molar-refractivity contribution in [2.75, 3.05) is 6.54 Å². The summed E-state index contributed by atoms with van der Waals surface area (Å²) < 4.78 is 0. The van der Waals surface area contributed by atoms with Crippen molar-refractivity contribution in [2.24, 2.45) is 17.1 Å². The Morgan fingerprint density at radius 3 is 2.81 bits per heavy atom. The van der Waals surface area contributed by atoms with E-state index >= 15 is 0 Å². The van der Waals surface area contributed by atoms with E-state index in [1.807, 2.05) is 6.92 Å². The van der Waals surface area contributed by atoms with E-state index in [4.69, 9.17) is 5.73 Å². The first-order valence-electron chi connectivity index (χ1n) is 6.42. The highest BCUT2D eigenvalue weighted by molar-refractivity contribution is 5.76. The van der Waals surface area contributed by atoms with Crippen LogP contribution in [0.5, 0.6) is 0 Å². The van der Waals surface area contributed by atoms with Crippen molar-refractivity contribution in [3.8, 4) is 0 Å². The summed E-state index contributed by atoms with van der Waals surface area (Å²) in [5.74, 6) is 0.456. The van der Waals surface area contributed by atoms with Crippen molar-refractivity contribution in [3.63, 3.8) is 0 Å². The molecule has 0 radical (unpaired) electrons. The van der Waals surface area contributed by atoms with Crippen LogP contribution in [0.4, 0.5) is 0 Å². The van der Waals surface area contributed by atoms with Crippen molar-refractivity contribution < 1.29 is 4.79 Å². The summed E-state index contributed by atoms with van der Waals surface area (Å²) in [6.45, 7) is 7.18. The molecule has 3 N–H and O–H groups in total. The first-order chi connectivity index (χ1) is 7.43. The Hall–Kier alpha value is -0.570. The van der Waals surface area contributed by atoms with Crippen LogP contribution in [0.2, 0.25) is 0 Å². The molecule has 0 aromatic heterocycles. The quantitative estimate of drug-likeness (QED) is 0.771. The fraction of sp³-hybridized carbons (Fsp3) is 0.923. The zero-order valence-electron chi connectivity index (χ0n) is 10.9. The number of rotatable bonds is 4. The number of carbonyl (C=O) groups excluding carboxylic acids is 1. The van der Waals surface area contributed by atoms with Crippen LogP contribution in [-0.4, -0.2) is 18.5 Å². The van der Waals surface area contributed by atoms with Gasteiger partial charge in [0.15, 0.2) is 0 Å². The van der Waals surface area contributed by atoms with Crippen LogP contribution in [0.3, 0.4) is 0 Å². The summed E-state index contributed by atoms with van der Waals surface area (Å²) in [5.41, 5.74) is 5.90. The predicted molar refractivity (Wildman–Crippen MR) is 67.0 cm³/mol. The van der Waals surface area contributed by atoms with Gasteiger partial charge in [0, 0.05) is 12.5 Å². The van der Waals surface area contributed by atoms with E-state index in [0.717, 1.165) is 12.8 Å². The molecule has 0 heterocycles. The monoisotopic (exact) mass is 226 g/mol. The normalized spacial score (nSPS) is 26.1. The largest absolute Gasteiger partial charge is 0.353 e. The second-order valence-corrected chi connectivity index (χ2v) is 6.07. The van der Waals surface area contributed by atoms with Crippen LogP contribution >= 0.6 is 0 Å². The van der Waals surface area contributed by atoms with E-state index in [9.17, 15) is 4.79 Å². The Bertz CT molecular complexity index is 238. The van der Waals surface area contributed by atoms with E-state index in [1.165, 1.54) is 12.8 Å². The van der Waals surface area contributed by atoms with E-state index in [-0.39, 0.29) is 11.8 Å². The molecule has 1 fully saturated rings. The lowest BCUT2D eigenvalue weighted by Crippen LogP contribution is -2.41. The van der Waals surface area contributed by atoms with Crippen molar-refractivity contribution >= 4 is 5.91 Å². The Labute approximate surface area is 99.2 Å². The Kier molecular flexibility index (Phi) is 4.78. The van der Waals surface area contributed by atoms with Crippen molar-refractivity contribution in [3.05, 3.63) is 0 Å². The van der Waals surface area contributed by atoms with E-state index in [2.05, 4.69) is 19.2 Å². The minimum absolute atomic E-state index is 0.167. The van der Waals surface area contributed by atoms with Gasteiger partial charge in [0.1, 0.15) is 0 Å². The molecule has 0 spiro atoms. The summed E-state index contributed by atoms with van der Waals surface area (Å²) in [6, 6.07) is 0.376. The fourth-order valence-corrected chi connectivity index (χ4v) is 2.51. The van der Waals surface area contributed by atoms with Crippen molar-refractivity contribution in [1.29, 1.82) is 0 Å². The topological polar surface area (TPSA) is 55.1 Å². The van der Waals surface area contributed by atoms with Gasteiger partial charge in [-0.2, -0.15) is 0 Å². The van der Waals surface area contributed by atoms with Gasteiger partial charge in [0.05, 0.1) is 0 Å². The molecule has 0 bridgehead atoms. The number of nitrogens with two attached hydrogens (primary N) is 1. The van der Waals surface area contributed by atoms with Gasteiger partial charge in [-0.3, -0.25) is 4.79 Å². The zero-order chi connectivity index (χ0) is 12.2. The molecule has 0 saturated heterocycles. The molecule has 3 heteroatoms. The summed E-state index contributed by atoms with van der Waals surface area (Å²) in [6.07, 6.45) is 5.30. The maximum absolute atomic E-state index is 11.7. The molecule has 1 aliphatic carbocycles. The van der Waals surface area contributed by atoms with Crippen LogP contribution in [0.15, 0.2) is 0 Å². The van der Waals surface area contributed by atoms with Gasteiger partial charge in [-0.25, -0.2) is 0 Å². The van der Waals surface area contributed by atoms with Crippen LogP contribution in [0.1, 0.15) is 52.9 Å². The Morgan fingerprint density at radius 1 is 1.56 bits per heavy atom. The third-order valence-corrected chi connectivity index (χ3v) is 3.51. The number of hydrogen-bond acceptors (Lipinski definition) is 2. The second kappa shape index (κ2) is 5.67. The molecule has 16 heavy (non-hydrogen) atoms. The van der Waals surface area contributed by atoms with Gasteiger partial charge in [0.2, 0.25) is 5.91 Å².